The average Bonchev–Trinajstić information content (AvgIpc) is 2.45. The third kappa shape index (κ3) is 3.35. The molecule has 0 bridgehead atoms. The lowest BCUT2D eigenvalue weighted by molar-refractivity contribution is 0.0983. The minimum atomic E-state index is 0.0616. The predicted octanol–water partition coefficient (Wildman–Crippen LogP) is 3.56. The fourth-order valence-electron chi connectivity index (χ4n) is 1.82. The van der Waals surface area contributed by atoms with Crippen LogP contribution in [0.4, 0.5) is 0 Å². The molecule has 0 heterocycles. The van der Waals surface area contributed by atoms with Gasteiger partial charge in [0.25, 0.3) is 0 Å². The number of ketones is 1. The Labute approximate surface area is 112 Å². The molecule has 0 atom stereocenters. The number of aromatic hydroxyl groups is 1. The maximum Gasteiger partial charge on any atom is 0.166 e. The lowest BCUT2D eigenvalue weighted by Gasteiger charge is -2.10. The fourth-order valence-corrected chi connectivity index (χ4v) is 1.82. The molecule has 19 heavy (non-hydrogen) atoms. The van der Waals surface area contributed by atoms with E-state index in [4.69, 9.17) is 4.74 Å². The molecule has 0 spiro atoms. The van der Waals surface area contributed by atoms with Crippen molar-refractivity contribution in [3.8, 4) is 11.5 Å². The average molecular weight is 256 g/mol. The van der Waals surface area contributed by atoms with E-state index in [1.54, 1.807) is 30.3 Å². The van der Waals surface area contributed by atoms with E-state index in [1.807, 2.05) is 25.1 Å². The topological polar surface area (TPSA) is 46.5 Å². The molecule has 2 aromatic rings. The smallest absolute Gasteiger partial charge is 0.166 e. The van der Waals surface area contributed by atoms with Crippen LogP contribution in [-0.4, -0.2) is 10.9 Å². The van der Waals surface area contributed by atoms with Crippen LogP contribution in [0.25, 0.3) is 0 Å². The number of rotatable bonds is 5. The Balaban J connectivity index is 2.13. The number of benzene rings is 2. The van der Waals surface area contributed by atoms with E-state index < -0.39 is 0 Å². The molecule has 0 unspecified atom stereocenters. The van der Waals surface area contributed by atoms with Gasteiger partial charge in [0, 0.05) is 6.42 Å². The minimum absolute atomic E-state index is 0.0616. The highest BCUT2D eigenvalue weighted by atomic mass is 16.5. The van der Waals surface area contributed by atoms with Gasteiger partial charge in [-0.2, -0.15) is 0 Å². The van der Waals surface area contributed by atoms with Crippen molar-refractivity contribution in [1.82, 2.24) is 0 Å². The molecule has 2 rings (SSSR count). The van der Waals surface area contributed by atoms with Gasteiger partial charge < -0.3 is 9.84 Å². The van der Waals surface area contributed by atoms with Crippen molar-refractivity contribution in [2.45, 2.75) is 20.0 Å². The zero-order valence-corrected chi connectivity index (χ0v) is 10.8. The Bertz CT molecular complexity index is 576. The predicted molar refractivity (Wildman–Crippen MR) is 73.5 cm³/mol. The van der Waals surface area contributed by atoms with E-state index in [-0.39, 0.29) is 11.5 Å². The van der Waals surface area contributed by atoms with Crippen LogP contribution < -0.4 is 4.74 Å². The summed E-state index contributed by atoms with van der Waals surface area (Å²) in [5, 5.41) is 9.38. The zero-order valence-electron chi connectivity index (χ0n) is 10.8. The summed E-state index contributed by atoms with van der Waals surface area (Å²) in [6, 6.07) is 14.1. The Kier molecular flexibility index (Phi) is 4.18. The molecule has 0 fully saturated rings. The van der Waals surface area contributed by atoms with Gasteiger partial charge in [0.1, 0.15) is 18.1 Å². The first-order valence-electron chi connectivity index (χ1n) is 6.23. The molecule has 1 N–H and O–H groups in total. The van der Waals surface area contributed by atoms with Gasteiger partial charge in [0.15, 0.2) is 5.78 Å². The first-order chi connectivity index (χ1) is 9.20. The van der Waals surface area contributed by atoms with Crippen LogP contribution in [0.3, 0.4) is 0 Å². The van der Waals surface area contributed by atoms with Crippen molar-refractivity contribution in [1.29, 1.82) is 0 Å². The lowest BCUT2D eigenvalue weighted by atomic mass is 10.1. The molecular formula is C16H16O3. The summed E-state index contributed by atoms with van der Waals surface area (Å²) in [5.41, 5.74) is 1.46. The normalized spacial score (nSPS) is 10.2. The van der Waals surface area contributed by atoms with Crippen LogP contribution in [-0.2, 0) is 6.61 Å². The minimum Gasteiger partial charge on any atom is -0.508 e. The molecule has 2 aromatic carbocycles. The largest absolute Gasteiger partial charge is 0.508 e. The van der Waals surface area contributed by atoms with Crippen LogP contribution in [0.15, 0.2) is 48.5 Å². The molecule has 0 saturated heterocycles. The lowest BCUT2D eigenvalue weighted by Crippen LogP contribution is -2.03. The maximum atomic E-state index is 11.8. The molecule has 98 valence electrons. The van der Waals surface area contributed by atoms with Crippen molar-refractivity contribution < 1.29 is 14.6 Å². The quantitative estimate of drug-likeness (QED) is 0.832. The van der Waals surface area contributed by atoms with Crippen molar-refractivity contribution in [3.63, 3.8) is 0 Å². The number of hydrogen-bond donors (Lipinski definition) is 1. The monoisotopic (exact) mass is 256 g/mol. The van der Waals surface area contributed by atoms with Crippen LogP contribution in [0.1, 0.15) is 29.3 Å². The van der Waals surface area contributed by atoms with Crippen LogP contribution >= 0.6 is 0 Å². The summed E-state index contributed by atoms with van der Waals surface area (Å²) >= 11 is 0. The SMILES string of the molecule is CCC(=O)c1ccccc1OCc1cccc(O)c1. The van der Waals surface area contributed by atoms with Crippen molar-refractivity contribution >= 4 is 5.78 Å². The Morgan fingerprint density at radius 1 is 1.16 bits per heavy atom. The van der Waals surface area contributed by atoms with Gasteiger partial charge in [-0.1, -0.05) is 31.2 Å². The summed E-state index contributed by atoms with van der Waals surface area (Å²) in [7, 11) is 0. The summed E-state index contributed by atoms with van der Waals surface area (Å²) in [6.07, 6.45) is 0.451. The summed E-state index contributed by atoms with van der Waals surface area (Å²) < 4.78 is 5.67. The standard InChI is InChI=1S/C16H16O3/c1-2-15(18)14-8-3-4-9-16(14)19-11-12-6-5-7-13(17)10-12/h3-10,17H,2,11H2,1H3. The number of para-hydroxylation sites is 1. The summed E-state index contributed by atoms with van der Waals surface area (Å²) in [4.78, 5) is 11.8. The van der Waals surface area contributed by atoms with Gasteiger partial charge in [-0.15, -0.1) is 0 Å². The van der Waals surface area contributed by atoms with E-state index in [0.717, 1.165) is 5.56 Å². The van der Waals surface area contributed by atoms with E-state index >= 15 is 0 Å². The third-order valence-corrected chi connectivity index (χ3v) is 2.81. The molecule has 3 nitrogen and oxygen atoms in total. The van der Waals surface area contributed by atoms with E-state index in [1.165, 1.54) is 0 Å². The highest BCUT2D eigenvalue weighted by molar-refractivity contribution is 5.98. The Morgan fingerprint density at radius 2 is 1.95 bits per heavy atom. The highest BCUT2D eigenvalue weighted by Gasteiger charge is 2.09. The maximum absolute atomic E-state index is 11.8. The summed E-state index contributed by atoms with van der Waals surface area (Å²) in [6.45, 7) is 2.15. The number of ether oxygens (including phenoxy) is 1. The van der Waals surface area contributed by atoms with Gasteiger partial charge in [0.05, 0.1) is 5.56 Å². The number of carbonyl (C=O) groups is 1. The van der Waals surface area contributed by atoms with Crippen molar-refractivity contribution in [3.05, 3.63) is 59.7 Å². The summed E-state index contributed by atoms with van der Waals surface area (Å²) in [5.74, 6) is 0.850. The molecule has 0 radical (unpaired) electrons. The fraction of sp³-hybridized carbons (Fsp3) is 0.188. The second-order valence-corrected chi connectivity index (χ2v) is 4.23. The van der Waals surface area contributed by atoms with Gasteiger partial charge in [0.2, 0.25) is 0 Å². The van der Waals surface area contributed by atoms with Gasteiger partial charge in [-0.3, -0.25) is 4.79 Å². The van der Waals surface area contributed by atoms with Gasteiger partial charge in [-0.25, -0.2) is 0 Å². The van der Waals surface area contributed by atoms with Gasteiger partial charge in [-0.05, 0) is 29.8 Å². The molecule has 0 aliphatic carbocycles. The Morgan fingerprint density at radius 3 is 2.68 bits per heavy atom. The molecule has 0 aliphatic rings. The second-order valence-electron chi connectivity index (χ2n) is 4.23. The molecular weight excluding hydrogens is 240 g/mol. The van der Waals surface area contributed by atoms with Crippen molar-refractivity contribution in [2.24, 2.45) is 0 Å². The number of phenolic OH excluding ortho intramolecular Hbond substituents is 1. The van der Waals surface area contributed by atoms with Crippen molar-refractivity contribution in [2.75, 3.05) is 0 Å². The Hall–Kier alpha value is -2.29. The number of hydrogen-bond acceptors (Lipinski definition) is 3. The molecule has 0 saturated carbocycles. The zero-order chi connectivity index (χ0) is 13.7. The van der Waals surface area contributed by atoms with Crippen LogP contribution in [0.2, 0.25) is 0 Å². The first-order valence-corrected chi connectivity index (χ1v) is 6.23. The van der Waals surface area contributed by atoms with E-state index in [0.29, 0.717) is 24.3 Å². The van der Waals surface area contributed by atoms with E-state index in [9.17, 15) is 9.90 Å². The first kappa shape index (κ1) is 13.1. The van der Waals surface area contributed by atoms with Crippen LogP contribution in [0, 0.1) is 0 Å². The van der Waals surface area contributed by atoms with Crippen LogP contribution in [0.5, 0.6) is 11.5 Å². The number of phenols is 1. The molecule has 0 amide bonds. The third-order valence-electron chi connectivity index (χ3n) is 2.81. The molecule has 3 heteroatoms. The highest BCUT2D eigenvalue weighted by Crippen LogP contribution is 2.21. The molecule has 0 aliphatic heterocycles. The molecule has 0 aromatic heterocycles. The number of Topliss-reactive ketones (excluding diaryl/α,β-unsaturated/α-hetero) is 1. The second kappa shape index (κ2) is 6.05. The number of carbonyl (C=O) groups excluding carboxylic acids is 1. The van der Waals surface area contributed by atoms with E-state index in [2.05, 4.69) is 0 Å². The van der Waals surface area contributed by atoms with Gasteiger partial charge >= 0.3 is 0 Å².